The number of carbonyl (C=O) groups excluding carboxylic acids is 1. The zero-order valence-corrected chi connectivity index (χ0v) is 18.6. The molecule has 3 rings (SSSR count). The van der Waals surface area contributed by atoms with Gasteiger partial charge in [-0.25, -0.2) is 0 Å². The smallest absolute Gasteiger partial charge is 0.220 e. The summed E-state index contributed by atoms with van der Waals surface area (Å²) < 4.78 is 16.6. The van der Waals surface area contributed by atoms with Crippen LogP contribution < -0.4 is 14.8 Å². The maximum atomic E-state index is 12.2. The quantitative estimate of drug-likeness (QED) is 0.597. The lowest BCUT2D eigenvalue weighted by molar-refractivity contribution is -0.121. The van der Waals surface area contributed by atoms with Gasteiger partial charge in [0.2, 0.25) is 5.91 Å². The average Bonchev–Trinajstić information content (AvgIpc) is 2.82. The molecule has 6 heteroatoms. The summed E-state index contributed by atoms with van der Waals surface area (Å²) in [6.07, 6.45) is 3.31. The number of benzene rings is 2. The highest BCUT2D eigenvalue weighted by Gasteiger charge is 2.18. The summed E-state index contributed by atoms with van der Waals surface area (Å²) in [5, 5.41) is 3.00. The third-order valence-corrected chi connectivity index (χ3v) is 5.69. The molecule has 0 aromatic heterocycles. The fourth-order valence-electron chi connectivity index (χ4n) is 3.74. The molecule has 0 bridgehead atoms. The Kier molecular flexibility index (Phi) is 9.18. The summed E-state index contributed by atoms with van der Waals surface area (Å²) in [6.45, 7) is 3.72. The van der Waals surface area contributed by atoms with E-state index in [4.69, 9.17) is 14.2 Å². The maximum absolute atomic E-state index is 12.2. The van der Waals surface area contributed by atoms with Crippen LogP contribution in [0.2, 0.25) is 0 Å². The number of nitrogens with zero attached hydrogens (tertiary/aromatic N) is 1. The minimum absolute atomic E-state index is 0.0345. The second-order valence-corrected chi connectivity index (χ2v) is 7.95. The lowest BCUT2D eigenvalue weighted by Crippen LogP contribution is -2.38. The molecule has 1 saturated heterocycles. The minimum atomic E-state index is 0.0345. The van der Waals surface area contributed by atoms with Crippen LogP contribution in [-0.2, 0) is 22.5 Å². The van der Waals surface area contributed by atoms with Gasteiger partial charge in [0, 0.05) is 38.8 Å². The van der Waals surface area contributed by atoms with Gasteiger partial charge in [-0.05, 0) is 61.7 Å². The van der Waals surface area contributed by atoms with Crippen LogP contribution in [0.25, 0.3) is 0 Å². The monoisotopic (exact) mass is 426 g/mol. The molecule has 0 radical (unpaired) electrons. The van der Waals surface area contributed by atoms with Crippen molar-refractivity contribution in [1.82, 2.24) is 10.2 Å². The van der Waals surface area contributed by atoms with Gasteiger partial charge < -0.3 is 19.5 Å². The molecule has 1 amide bonds. The number of amides is 1. The molecule has 31 heavy (non-hydrogen) atoms. The Morgan fingerprint density at radius 1 is 1.10 bits per heavy atom. The van der Waals surface area contributed by atoms with E-state index < -0.39 is 0 Å². The Labute approximate surface area is 185 Å². The van der Waals surface area contributed by atoms with Crippen LogP contribution in [0.1, 0.15) is 30.4 Å². The van der Waals surface area contributed by atoms with Crippen molar-refractivity contribution in [3.8, 4) is 11.5 Å². The van der Waals surface area contributed by atoms with Crippen molar-refractivity contribution in [3.05, 3.63) is 59.7 Å². The summed E-state index contributed by atoms with van der Waals surface area (Å²) in [5.41, 5.74) is 2.13. The number of hydrogen-bond acceptors (Lipinski definition) is 5. The van der Waals surface area contributed by atoms with Crippen LogP contribution >= 0.6 is 0 Å². The number of aryl methyl sites for hydroxylation is 1. The SMILES string of the molecule is COc1cccc(CCC(=O)NCc2cccc(OCCN(C)C3CCOCC3)c2)c1. The van der Waals surface area contributed by atoms with Crippen LogP contribution in [0.15, 0.2) is 48.5 Å². The molecule has 1 N–H and O–H groups in total. The Hall–Kier alpha value is -2.57. The van der Waals surface area contributed by atoms with Crippen molar-refractivity contribution in [2.45, 2.75) is 38.3 Å². The van der Waals surface area contributed by atoms with Crippen LogP contribution in [0, 0.1) is 0 Å². The summed E-state index contributed by atoms with van der Waals surface area (Å²) in [5.74, 6) is 1.68. The van der Waals surface area contributed by atoms with E-state index >= 15 is 0 Å². The lowest BCUT2D eigenvalue weighted by atomic mass is 10.1. The standard InChI is InChI=1S/C25H34N2O4/c1-27(22-11-14-30-15-12-22)13-16-31-24-8-4-6-21(18-24)19-26-25(28)10-9-20-5-3-7-23(17-20)29-2/h3-8,17-18,22H,9-16,19H2,1-2H3,(H,26,28). The Balaban J connectivity index is 1.37. The highest BCUT2D eigenvalue weighted by molar-refractivity contribution is 5.76. The van der Waals surface area contributed by atoms with Crippen molar-refractivity contribution < 1.29 is 19.0 Å². The molecule has 0 atom stereocenters. The van der Waals surface area contributed by atoms with Gasteiger partial charge >= 0.3 is 0 Å². The predicted octanol–water partition coefficient (Wildman–Crippen LogP) is 3.43. The normalized spacial score (nSPS) is 14.4. The Morgan fingerprint density at radius 3 is 2.58 bits per heavy atom. The van der Waals surface area contributed by atoms with E-state index in [2.05, 4.69) is 17.3 Å². The predicted molar refractivity (Wildman–Crippen MR) is 122 cm³/mol. The molecule has 1 fully saturated rings. The van der Waals surface area contributed by atoms with Crippen molar-refractivity contribution >= 4 is 5.91 Å². The van der Waals surface area contributed by atoms with E-state index in [1.165, 1.54) is 0 Å². The molecule has 2 aromatic rings. The number of hydrogen-bond donors (Lipinski definition) is 1. The number of likely N-dealkylation sites (N-methyl/N-ethyl adjacent to an activating group) is 1. The van der Waals surface area contributed by atoms with Gasteiger partial charge in [-0.15, -0.1) is 0 Å². The molecular weight excluding hydrogens is 392 g/mol. The molecule has 0 spiro atoms. The van der Waals surface area contributed by atoms with Crippen molar-refractivity contribution in [2.24, 2.45) is 0 Å². The van der Waals surface area contributed by atoms with Gasteiger partial charge in [0.15, 0.2) is 0 Å². The van der Waals surface area contributed by atoms with Crippen LogP contribution in [0.5, 0.6) is 11.5 Å². The van der Waals surface area contributed by atoms with E-state index in [1.807, 2.05) is 48.5 Å². The zero-order valence-electron chi connectivity index (χ0n) is 18.6. The van der Waals surface area contributed by atoms with E-state index in [0.29, 0.717) is 32.0 Å². The van der Waals surface area contributed by atoms with Gasteiger partial charge in [-0.1, -0.05) is 24.3 Å². The summed E-state index contributed by atoms with van der Waals surface area (Å²) in [6, 6.07) is 16.3. The minimum Gasteiger partial charge on any atom is -0.497 e. The van der Waals surface area contributed by atoms with Crippen LogP contribution in [0.3, 0.4) is 0 Å². The molecule has 0 unspecified atom stereocenters. The first-order valence-corrected chi connectivity index (χ1v) is 11.0. The van der Waals surface area contributed by atoms with Gasteiger partial charge in [-0.2, -0.15) is 0 Å². The van der Waals surface area contributed by atoms with Crippen molar-refractivity contribution in [3.63, 3.8) is 0 Å². The van der Waals surface area contributed by atoms with E-state index in [1.54, 1.807) is 7.11 Å². The van der Waals surface area contributed by atoms with Gasteiger partial charge in [0.05, 0.1) is 7.11 Å². The van der Waals surface area contributed by atoms with E-state index in [0.717, 1.165) is 55.2 Å². The topological polar surface area (TPSA) is 60.0 Å². The van der Waals surface area contributed by atoms with Crippen LogP contribution in [-0.4, -0.2) is 57.4 Å². The zero-order chi connectivity index (χ0) is 21.9. The Morgan fingerprint density at radius 2 is 1.81 bits per heavy atom. The van der Waals surface area contributed by atoms with Crippen molar-refractivity contribution in [1.29, 1.82) is 0 Å². The fourth-order valence-corrected chi connectivity index (χ4v) is 3.74. The molecule has 1 aliphatic rings. The van der Waals surface area contributed by atoms with E-state index in [-0.39, 0.29) is 5.91 Å². The largest absolute Gasteiger partial charge is 0.497 e. The van der Waals surface area contributed by atoms with Crippen LogP contribution in [0.4, 0.5) is 0 Å². The molecular formula is C25H34N2O4. The first-order chi connectivity index (χ1) is 15.1. The average molecular weight is 427 g/mol. The number of nitrogens with one attached hydrogen (secondary N) is 1. The van der Waals surface area contributed by atoms with E-state index in [9.17, 15) is 4.79 Å². The number of ether oxygens (including phenoxy) is 3. The van der Waals surface area contributed by atoms with Gasteiger partial charge in [0.1, 0.15) is 18.1 Å². The summed E-state index contributed by atoms with van der Waals surface area (Å²) >= 11 is 0. The number of methoxy groups -OCH3 is 1. The molecule has 2 aromatic carbocycles. The lowest BCUT2D eigenvalue weighted by Gasteiger charge is -2.31. The molecule has 1 aliphatic heterocycles. The first kappa shape index (κ1) is 23.1. The fraction of sp³-hybridized carbons (Fsp3) is 0.480. The first-order valence-electron chi connectivity index (χ1n) is 11.0. The third kappa shape index (κ3) is 7.89. The summed E-state index contributed by atoms with van der Waals surface area (Å²) in [7, 11) is 3.80. The summed E-state index contributed by atoms with van der Waals surface area (Å²) in [4.78, 5) is 14.6. The second-order valence-electron chi connectivity index (χ2n) is 7.95. The van der Waals surface area contributed by atoms with Gasteiger partial charge in [0.25, 0.3) is 0 Å². The Bertz CT molecular complexity index is 821. The molecule has 0 aliphatic carbocycles. The van der Waals surface area contributed by atoms with Crippen molar-refractivity contribution in [2.75, 3.05) is 40.5 Å². The number of carbonyl (C=O) groups is 1. The molecule has 0 saturated carbocycles. The maximum Gasteiger partial charge on any atom is 0.220 e. The number of rotatable bonds is 11. The highest BCUT2D eigenvalue weighted by atomic mass is 16.5. The molecule has 168 valence electrons. The third-order valence-electron chi connectivity index (χ3n) is 5.69. The highest BCUT2D eigenvalue weighted by Crippen LogP contribution is 2.16. The molecule has 1 heterocycles. The molecule has 6 nitrogen and oxygen atoms in total. The van der Waals surface area contributed by atoms with Gasteiger partial charge in [-0.3, -0.25) is 9.69 Å². The second kappa shape index (κ2) is 12.3.